The summed E-state index contributed by atoms with van der Waals surface area (Å²) in [7, 11) is 0. The van der Waals surface area contributed by atoms with Gasteiger partial charge < -0.3 is 10.0 Å². The molecule has 206 valence electrons. The Bertz CT molecular complexity index is 982. The molecular formula is C34H48N2O2. The lowest BCUT2D eigenvalue weighted by molar-refractivity contribution is -0.145. The normalized spacial score (nSPS) is 25.8. The maximum absolute atomic E-state index is 12.5. The second kappa shape index (κ2) is 13.3. The molecule has 1 N–H and O–H groups in total. The number of hydrogen-bond donors (Lipinski definition) is 1. The Kier molecular flexibility index (Phi) is 9.56. The average molecular weight is 517 g/mol. The van der Waals surface area contributed by atoms with Gasteiger partial charge in [0.1, 0.15) is 6.04 Å². The van der Waals surface area contributed by atoms with Crippen molar-refractivity contribution in [3.8, 4) is 0 Å². The standard InChI is InChI=1S/C34H48N2O2/c1-26(21-27-11-5-2-6-12-27)22-28-17-19-35(20-18-28)23-31-24-36(25-32(31)29-13-7-3-8-14-29)33(34(37)38)30-15-9-4-10-16-30/h2-3,5-8,11-14,26,28,30-33H,4,9-10,15-25H2,1H3,(H,37,38)/t26-,31-,32+,33+/m0/s1. The van der Waals surface area contributed by atoms with Gasteiger partial charge in [-0.2, -0.15) is 0 Å². The first-order valence-electron chi connectivity index (χ1n) is 15.3. The first kappa shape index (κ1) is 27.4. The van der Waals surface area contributed by atoms with Gasteiger partial charge in [-0.3, -0.25) is 9.69 Å². The highest BCUT2D eigenvalue weighted by Gasteiger charge is 2.43. The molecule has 3 fully saturated rings. The van der Waals surface area contributed by atoms with E-state index in [1.165, 1.54) is 69.2 Å². The molecule has 5 rings (SSSR count). The SMILES string of the molecule is C[C@@H](Cc1ccccc1)CC1CCN(C[C@H]2CN([C@@H](C(=O)O)C3CCCCC3)C[C@@H]2c2ccccc2)CC1. The summed E-state index contributed by atoms with van der Waals surface area (Å²) in [5.74, 6) is 2.19. The predicted octanol–water partition coefficient (Wildman–Crippen LogP) is 6.72. The second-order valence-corrected chi connectivity index (χ2v) is 12.7. The first-order chi connectivity index (χ1) is 18.6. The number of benzene rings is 2. The van der Waals surface area contributed by atoms with Crippen LogP contribution in [0.3, 0.4) is 0 Å². The van der Waals surface area contributed by atoms with Gasteiger partial charge in [-0.05, 0) is 86.4 Å². The zero-order valence-electron chi connectivity index (χ0n) is 23.4. The number of carboxylic acid groups (broad SMARTS) is 1. The molecule has 0 aromatic heterocycles. The van der Waals surface area contributed by atoms with Gasteiger partial charge in [-0.1, -0.05) is 86.8 Å². The predicted molar refractivity (Wildman–Crippen MR) is 155 cm³/mol. The lowest BCUT2D eigenvalue weighted by Crippen LogP contribution is -2.46. The molecule has 1 saturated carbocycles. The van der Waals surface area contributed by atoms with E-state index in [4.69, 9.17) is 0 Å². The number of rotatable bonds is 10. The van der Waals surface area contributed by atoms with Crippen molar-refractivity contribution in [2.75, 3.05) is 32.7 Å². The van der Waals surface area contributed by atoms with E-state index in [2.05, 4.69) is 77.4 Å². The van der Waals surface area contributed by atoms with E-state index >= 15 is 0 Å². The van der Waals surface area contributed by atoms with Gasteiger partial charge in [0, 0.05) is 25.6 Å². The highest BCUT2D eigenvalue weighted by atomic mass is 16.4. The quantitative estimate of drug-likeness (QED) is 0.381. The molecule has 0 unspecified atom stereocenters. The molecule has 0 amide bonds. The molecule has 4 heteroatoms. The Morgan fingerprint density at radius 1 is 0.895 bits per heavy atom. The summed E-state index contributed by atoms with van der Waals surface area (Å²) in [4.78, 5) is 17.6. The van der Waals surface area contributed by atoms with E-state index in [0.717, 1.165) is 44.3 Å². The van der Waals surface area contributed by atoms with Crippen LogP contribution in [0.1, 0.15) is 75.3 Å². The molecule has 1 aliphatic carbocycles. The molecule has 3 aliphatic rings. The Hall–Kier alpha value is -2.17. The fourth-order valence-corrected chi connectivity index (χ4v) is 7.91. The highest BCUT2D eigenvalue weighted by molar-refractivity contribution is 5.74. The van der Waals surface area contributed by atoms with E-state index in [1.54, 1.807) is 0 Å². The van der Waals surface area contributed by atoms with Gasteiger partial charge in [-0.15, -0.1) is 0 Å². The van der Waals surface area contributed by atoms with Crippen molar-refractivity contribution >= 4 is 5.97 Å². The van der Waals surface area contributed by atoms with Gasteiger partial charge in [0.25, 0.3) is 0 Å². The maximum atomic E-state index is 12.5. The molecule has 0 spiro atoms. The van der Waals surface area contributed by atoms with Gasteiger partial charge in [0.2, 0.25) is 0 Å². The van der Waals surface area contributed by atoms with E-state index in [1.807, 2.05) is 0 Å². The molecule has 2 aromatic rings. The summed E-state index contributed by atoms with van der Waals surface area (Å²) in [6.07, 6.45) is 10.9. The van der Waals surface area contributed by atoms with Crippen LogP contribution in [0.2, 0.25) is 0 Å². The Labute approximate surface area is 230 Å². The van der Waals surface area contributed by atoms with Crippen LogP contribution in [0.25, 0.3) is 0 Å². The second-order valence-electron chi connectivity index (χ2n) is 12.7. The zero-order chi connectivity index (χ0) is 26.3. The third-order valence-corrected chi connectivity index (χ3v) is 9.80. The maximum Gasteiger partial charge on any atom is 0.321 e. The van der Waals surface area contributed by atoms with Crippen molar-refractivity contribution in [1.29, 1.82) is 0 Å². The molecular weight excluding hydrogens is 468 g/mol. The number of likely N-dealkylation sites (tertiary alicyclic amines) is 2. The molecule has 2 aromatic carbocycles. The zero-order valence-corrected chi connectivity index (χ0v) is 23.4. The fourth-order valence-electron chi connectivity index (χ4n) is 7.91. The van der Waals surface area contributed by atoms with E-state index in [9.17, 15) is 9.90 Å². The monoisotopic (exact) mass is 516 g/mol. The molecule has 2 heterocycles. The summed E-state index contributed by atoms with van der Waals surface area (Å²) in [5, 5.41) is 10.3. The molecule has 4 atom stereocenters. The van der Waals surface area contributed by atoms with Crippen molar-refractivity contribution in [2.45, 2.75) is 76.7 Å². The number of carboxylic acids is 1. The summed E-state index contributed by atoms with van der Waals surface area (Å²) in [6, 6.07) is 21.5. The van der Waals surface area contributed by atoms with Crippen molar-refractivity contribution in [2.24, 2.45) is 23.7 Å². The van der Waals surface area contributed by atoms with Gasteiger partial charge >= 0.3 is 5.97 Å². The molecule has 38 heavy (non-hydrogen) atoms. The Morgan fingerprint density at radius 3 is 2.21 bits per heavy atom. The largest absolute Gasteiger partial charge is 0.480 e. The fraction of sp³-hybridized carbons (Fsp3) is 0.618. The minimum absolute atomic E-state index is 0.310. The topological polar surface area (TPSA) is 43.8 Å². The summed E-state index contributed by atoms with van der Waals surface area (Å²) < 4.78 is 0. The van der Waals surface area contributed by atoms with Crippen molar-refractivity contribution in [1.82, 2.24) is 9.80 Å². The number of piperidine rings is 1. The van der Waals surface area contributed by atoms with Crippen LogP contribution >= 0.6 is 0 Å². The van der Waals surface area contributed by atoms with Crippen LogP contribution in [0, 0.1) is 23.7 Å². The third kappa shape index (κ3) is 7.07. The first-order valence-corrected chi connectivity index (χ1v) is 15.3. The number of aliphatic carboxylic acids is 1. The van der Waals surface area contributed by atoms with Crippen LogP contribution in [-0.2, 0) is 11.2 Å². The minimum atomic E-state index is -0.602. The van der Waals surface area contributed by atoms with Crippen LogP contribution in [0.15, 0.2) is 60.7 Å². The highest BCUT2D eigenvalue weighted by Crippen LogP contribution is 2.39. The van der Waals surface area contributed by atoms with Gasteiger partial charge in [-0.25, -0.2) is 0 Å². The molecule has 4 nitrogen and oxygen atoms in total. The van der Waals surface area contributed by atoms with Gasteiger partial charge in [0.15, 0.2) is 0 Å². The van der Waals surface area contributed by atoms with E-state index in [0.29, 0.717) is 17.8 Å². The Morgan fingerprint density at radius 2 is 1.55 bits per heavy atom. The van der Waals surface area contributed by atoms with Crippen LogP contribution in [0.4, 0.5) is 0 Å². The van der Waals surface area contributed by atoms with E-state index < -0.39 is 5.97 Å². The third-order valence-electron chi connectivity index (χ3n) is 9.80. The van der Waals surface area contributed by atoms with Crippen LogP contribution < -0.4 is 0 Å². The minimum Gasteiger partial charge on any atom is -0.480 e. The molecule has 2 aliphatic heterocycles. The van der Waals surface area contributed by atoms with E-state index in [-0.39, 0.29) is 6.04 Å². The summed E-state index contributed by atoms with van der Waals surface area (Å²) in [5.41, 5.74) is 2.85. The number of carbonyl (C=O) groups is 1. The number of hydrogen-bond acceptors (Lipinski definition) is 3. The smallest absolute Gasteiger partial charge is 0.321 e. The Balaban J connectivity index is 1.19. The lowest BCUT2D eigenvalue weighted by atomic mass is 9.83. The summed E-state index contributed by atoms with van der Waals surface area (Å²) in [6.45, 7) is 7.69. The molecule has 0 bridgehead atoms. The van der Waals surface area contributed by atoms with Crippen molar-refractivity contribution < 1.29 is 9.90 Å². The van der Waals surface area contributed by atoms with Crippen LogP contribution in [0.5, 0.6) is 0 Å². The molecule has 0 radical (unpaired) electrons. The van der Waals surface area contributed by atoms with Crippen LogP contribution in [-0.4, -0.2) is 59.6 Å². The lowest BCUT2D eigenvalue weighted by Gasteiger charge is -2.36. The average Bonchev–Trinajstić information content (AvgIpc) is 3.34. The molecule has 2 saturated heterocycles. The number of nitrogens with zero attached hydrogens (tertiary/aromatic N) is 2. The summed E-state index contributed by atoms with van der Waals surface area (Å²) >= 11 is 0. The van der Waals surface area contributed by atoms with Gasteiger partial charge in [0.05, 0.1) is 0 Å². The van der Waals surface area contributed by atoms with Crippen molar-refractivity contribution in [3.63, 3.8) is 0 Å². The van der Waals surface area contributed by atoms with Crippen molar-refractivity contribution in [3.05, 3.63) is 71.8 Å².